The highest BCUT2D eigenvalue weighted by atomic mass is 32.2. The molecule has 1 aliphatic rings. The fourth-order valence-corrected chi connectivity index (χ4v) is 4.35. The molecule has 0 spiro atoms. The lowest BCUT2D eigenvalue weighted by molar-refractivity contribution is -0.131. The fourth-order valence-electron chi connectivity index (χ4n) is 3.51. The Morgan fingerprint density at radius 3 is 2.27 bits per heavy atom. The van der Waals surface area contributed by atoms with Crippen LogP contribution < -0.4 is 5.48 Å². The molecule has 9 nitrogen and oxygen atoms in total. The van der Waals surface area contributed by atoms with Gasteiger partial charge in [0.25, 0.3) is 5.91 Å². The Hall–Kier alpha value is -3.13. The van der Waals surface area contributed by atoms with E-state index in [4.69, 9.17) is 5.21 Å². The maximum atomic E-state index is 12.7. The summed E-state index contributed by atoms with van der Waals surface area (Å²) in [6.07, 6.45) is 2.37. The molecule has 0 aliphatic carbocycles. The van der Waals surface area contributed by atoms with Crippen LogP contribution in [0.4, 0.5) is 4.79 Å². The van der Waals surface area contributed by atoms with Gasteiger partial charge in [-0.25, -0.2) is 18.7 Å². The summed E-state index contributed by atoms with van der Waals surface area (Å²) in [5.74, 6) is 5.01. The smallest absolute Gasteiger partial charge is 0.328 e. The molecule has 2 heterocycles. The molecule has 1 aromatic carbocycles. The van der Waals surface area contributed by atoms with Crippen LogP contribution in [0.5, 0.6) is 0 Å². The van der Waals surface area contributed by atoms with Gasteiger partial charge in [-0.05, 0) is 51.0 Å². The summed E-state index contributed by atoms with van der Waals surface area (Å²) >= 11 is 0. The van der Waals surface area contributed by atoms with Crippen LogP contribution in [0, 0.1) is 11.8 Å². The second kappa shape index (κ2) is 8.67. The second-order valence-electron chi connectivity index (χ2n) is 8.87. The average molecular weight is 474 g/mol. The number of nitrogens with one attached hydrogen (secondary N) is 1. The van der Waals surface area contributed by atoms with E-state index < -0.39 is 26.1 Å². The van der Waals surface area contributed by atoms with Gasteiger partial charge in [0, 0.05) is 35.8 Å². The molecular weight excluding hydrogens is 446 g/mol. The van der Waals surface area contributed by atoms with Crippen molar-refractivity contribution in [2.45, 2.75) is 44.1 Å². The van der Waals surface area contributed by atoms with E-state index in [0.717, 1.165) is 17.4 Å². The van der Waals surface area contributed by atoms with Gasteiger partial charge in [0.05, 0.1) is 12.1 Å². The van der Waals surface area contributed by atoms with Gasteiger partial charge < -0.3 is 10.0 Å². The lowest BCUT2D eigenvalue weighted by Gasteiger charge is -2.27. The molecule has 2 amide bonds. The van der Waals surface area contributed by atoms with Gasteiger partial charge >= 0.3 is 6.03 Å². The maximum Gasteiger partial charge on any atom is 0.328 e. The molecule has 0 fully saturated rings. The Balaban J connectivity index is 1.70. The van der Waals surface area contributed by atoms with E-state index in [1.807, 2.05) is 24.3 Å². The summed E-state index contributed by atoms with van der Waals surface area (Å²) < 4.78 is 23.8. The molecule has 10 heteroatoms. The van der Waals surface area contributed by atoms with Gasteiger partial charge in [-0.1, -0.05) is 24.0 Å². The highest BCUT2D eigenvalue weighted by Crippen LogP contribution is 2.25. The SMILES string of the molecule is CC(C)(O)c1ccc(C#Cc2cc3n(c2)C(=O)N(CC[C@](C)(C(=O)NO)S(C)(=O)=O)C3)cc1. The minimum Gasteiger partial charge on any atom is -0.386 e. The first-order valence-electron chi connectivity index (χ1n) is 10.3. The molecule has 0 bridgehead atoms. The molecule has 2 aromatic rings. The fraction of sp³-hybridized carbons (Fsp3) is 0.391. The number of carbonyl (C=O) groups is 2. The Bertz CT molecular complexity index is 1250. The summed E-state index contributed by atoms with van der Waals surface area (Å²) in [7, 11) is -3.84. The van der Waals surface area contributed by atoms with E-state index in [0.29, 0.717) is 11.3 Å². The van der Waals surface area contributed by atoms with Gasteiger partial charge in [0.15, 0.2) is 14.6 Å². The Labute approximate surface area is 192 Å². The van der Waals surface area contributed by atoms with Crippen molar-refractivity contribution in [3.05, 3.63) is 58.9 Å². The van der Waals surface area contributed by atoms with Gasteiger partial charge in [0.1, 0.15) is 0 Å². The van der Waals surface area contributed by atoms with Gasteiger partial charge in [0.2, 0.25) is 0 Å². The highest BCUT2D eigenvalue weighted by Gasteiger charge is 2.44. The number of hydrogen-bond donors (Lipinski definition) is 3. The number of sulfone groups is 1. The van der Waals surface area contributed by atoms with Crippen LogP contribution in [0.25, 0.3) is 0 Å². The molecule has 0 saturated carbocycles. The first kappa shape index (κ1) is 24.5. The van der Waals surface area contributed by atoms with Crippen molar-refractivity contribution >= 4 is 21.8 Å². The molecule has 0 saturated heterocycles. The Kier molecular flexibility index (Phi) is 6.44. The van der Waals surface area contributed by atoms with Crippen molar-refractivity contribution in [3.8, 4) is 11.8 Å². The van der Waals surface area contributed by atoms with Crippen molar-refractivity contribution < 1.29 is 28.3 Å². The third kappa shape index (κ3) is 4.95. The number of rotatable bonds is 6. The van der Waals surface area contributed by atoms with Crippen LogP contribution in [0.2, 0.25) is 0 Å². The minimum atomic E-state index is -3.84. The topological polar surface area (TPSA) is 129 Å². The van der Waals surface area contributed by atoms with Crippen LogP contribution in [-0.2, 0) is 26.8 Å². The van der Waals surface area contributed by atoms with Crippen LogP contribution in [0.3, 0.4) is 0 Å². The molecule has 0 unspecified atom stereocenters. The summed E-state index contributed by atoms with van der Waals surface area (Å²) in [6.45, 7) is 4.91. The zero-order valence-electron chi connectivity index (χ0n) is 18.9. The minimum absolute atomic E-state index is 0.0199. The zero-order valence-corrected chi connectivity index (χ0v) is 19.7. The van der Waals surface area contributed by atoms with Crippen molar-refractivity contribution in [1.29, 1.82) is 0 Å². The van der Waals surface area contributed by atoms with Gasteiger partial charge in [-0.2, -0.15) is 0 Å². The second-order valence-corrected chi connectivity index (χ2v) is 11.3. The number of amides is 2. The lowest BCUT2D eigenvalue weighted by atomic mass is 9.97. The van der Waals surface area contributed by atoms with Crippen LogP contribution in [0.1, 0.15) is 49.6 Å². The number of aliphatic hydroxyl groups is 1. The Morgan fingerprint density at radius 1 is 1.15 bits per heavy atom. The molecule has 1 aromatic heterocycles. The third-order valence-corrected chi connectivity index (χ3v) is 7.96. The zero-order chi connectivity index (χ0) is 24.6. The van der Waals surface area contributed by atoms with Gasteiger partial charge in [-0.15, -0.1) is 0 Å². The number of benzene rings is 1. The average Bonchev–Trinajstić information content (AvgIpc) is 3.27. The first-order valence-corrected chi connectivity index (χ1v) is 12.1. The van der Waals surface area contributed by atoms with Crippen LogP contribution in [0.15, 0.2) is 36.5 Å². The Morgan fingerprint density at radius 2 is 1.76 bits per heavy atom. The first-order chi connectivity index (χ1) is 15.3. The predicted octanol–water partition coefficient (Wildman–Crippen LogP) is 1.60. The summed E-state index contributed by atoms with van der Waals surface area (Å²) in [4.78, 5) is 26.1. The van der Waals surface area contributed by atoms with E-state index >= 15 is 0 Å². The van der Waals surface area contributed by atoms with E-state index in [9.17, 15) is 23.1 Å². The maximum absolute atomic E-state index is 12.7. The molecular formula is C23H27N3O6S. The normalized spacial score (nSPS) is 15.5. The number of carbonyl (C=O) groups excluding carboxylic acids is 2. The number of aromatic nitrogens is 1. The molecule has 33 heavy (non-hydrogen) atoms. The largest absolute Gasteiger partial charge is 0.386 e. The molecule has 3 rings (SSSR count). The standard InChI is InChI=1S/C23H27N3O6S/c1-22(2,29)18-9-7-16(8-10-18)5-6-17-13-19-15-25(21(28)26(19)14-17)12-11-23(3,20(27)24-30)33(4,31)32/h7-10,13-14,29-30H,11-12,15H2,1-4H3,(H,24,27)/t23-/m1/s1. The number of fused-ring (bicyclic) bond motifs is 1. The van der Waals surface area contributed by atoms with Crippen molar-refractivity contribution in [1.82, 2.24) is 14.9 Å². The van der Waals surface area contributed by atoms with E-state index in [2.05, 4.69) is 11.8 Å². The molecule has 3 N–H and O–H groups in total. The molecule has 1 atom stereocenters. The summed E-state index contributed by atoms with van der Waals surface area (Å²) in [5.41, 5.74) is 3.38. The quantitative estimate of drug-likeness (QED) is 0.332. The molecule has 1 aliphatic heterocycles. The van der Waals surface area contributed by atoms with Crippen molar-refractivity contribution in [2.24, 2.45) is 0 Å². The number of nitrogens with zero attached hydrogens (tertiary/aromatic N) is 2. The van der Waals surface area contributed by atoms with Crippen molar-refractivity contribution in [2.75, 3.05) is 12.8 Å². The number of hydroxylamine groups is 1. The summed E-state index contributed by atoms with van der Waals surface area (Å²) in [5, 5.41) is 19.0. The third-order valence-electron chi connectivity index (χ3n) is 5.93. The molecule has 0 radical (unpaired) electrons. The molecule has 176 valence electrons. The van der Waals surface area contributed by atoms with Gasteiger partial charge in [-0.3, -0.25) is 14.6 Å². The monoisotopic (exact) mass is 473 g/mol. The lowest BCUT2D eigenvalue weighted by Crippen LogP contribution is -2.50. The van der Waals surface area contributed by atoms with Crippen LogP contribution in [-0.4, -0.2) is 57.7 Å². The summed E-state index contributed by atoms with van der Waals surface area (Å²) in [6, 6.07) is 8.70. The van der Waals surface area contributed by atoms with E-state index in [-0.39, 0.29) is 25.5 Å². The van der Waals surface area contributed by atoms with E-state index in [1.165, 1.54) is 21.9 Å². The van der Waals surface area contributed by atoms with E-state index in [1.54, 1.807) is 26.1 Å². The van der Waals surface area contributed by atoms with Crippen LogP contribution >= 0.6 is 0 Å². The highest BCUT2D eigenvalue weighted by molar-refractivity contribution is 7.92. The number of hydrogen-bond acceptors (Lipinski definition) is 6. The van der Waals surface area contributed by atoms with Crippen molar-refractivity contribution in [3.63, 3.8) is 0 Å². The predicted molar refractivity (Wildman–Crippen MR) is 121 cm³/mol.